The molecule has 1 amide bonds. The molecular formula is C16H25N3O2. The number of ether oxygens (including phenoxy) is 1. The Morgan fingerprint density at radius 2 is 2.10 bits per heavy atom. The van der Waals surface area contributed by atoms with Crippen molar-refractivity contribution < 1.29 is 9.53 Å². The molecule has 2 N–H and O–H groups in total. The Bertz CT molecular complexity index is 490. The van der Waals surface area contributed by atoms with E-state index in [4.69, 9.17) is 10.5 Å². The van der Waals surface area contributed by atoms with Crippen LogP contribution in [-0.4, -0.2) is 62.1 Å². The zero-order valence-electron chi connectivity index (χ0n) is 13.0. The lowest BCUT2D eigenvalue weighted by Gasteiger charge is -2.22. The highest BCUT2D eigenvalue weighted by Crippen LogP contribution is 2.15. The predicted octanol–water partition coefficient (Wildman–Crippen LogP) is 1.37. The van der Waals surface area contributed by atoms with Crippen LogP contribution in [0.3, 0.4) is 0 Å². The van der Waals surface area contributed by atoms with E-state index < -0.39 is 0 Å². The van der Waals surface area contributed by atoms with Crippen molar-refractivity contribution in [1.29, 1.82) is 0 Å². The van der Waals surface area contributed by atoms with Gasteiger partial charge in [0.15, 0.2) is 0 Å². The minimum absolute atomic E-state index is 0.0790. The minimum atomic E-state index is 0.0790. The number of carbonyl (C=O) groups is 1. The molecule has 5 heteroatoms. The molecule has 1 aliphatic heterocycles. The molecule has 116 valence electrons. The number of rotatable bonds is 4. The largest absolute Gasteiger partial charge is 0.398 e. The van der Waals surface area contributed by atoms with Crippen molar-refractivity contribution in [3.05, 3.63) is 29.3 Å². The molecule has 0 atom stereocenters. The second-order valence-electron chi connectivity index (χ2n) is 5.55. The number of benzene rings is 1. The standard InChI is InChI=1S/C16H25N3O2/c1-13-4-5-14(12-15(13)17)16(20)19-7-3-6-18(8-9-19)10-11-21-2/h4-5,12H,3,6-11,17H2,1-2H3. The van der Waals surface area contributed by atoms with Gasteiger partial charge in [-0.1, -0.05) is 6.07 Å². The van der Waals surface area contributed by atoms with E-state index in [-0.39, 0.29) is 5.91 Å². The van der Waals surface area contributed by atoms with Crippen molar-refractivity contribution in [3.8, 4) is 0 Å². The van der Waals surface area contributed by atoms with E-state index in [9.17, 15) is 4.79 Å². The summed E-state index contributed by atoms with van der Waals surface area (Å²) in [6.45, 7) is 7.09. The van der Waals surface area contributed by atoms with Crippen molar-refractivity contribution in [2.75, 3.05) is 52.2 Å². The van der Waals surface area contributed by atoms with Crippen LogP contribution in [0.1, 0.15) is 22.3 Å². The fourth-order valence-corrected chi connectivity index (χ4v) is 2.57. The lowest BCUT2D eigenvalue weighted by atomic mass is 10.1. The molecule has 1 fully saturated rings. The Morgan fingerprint density at radius 1 is 1.29 bits per heavy atom. The van der Waals surface area contributed by atoms with Gasteiger partial charge < -0.3 is 15.4 Å². The molecule has 0 saturated carbocycles. The Hall–Kier alpha value is -1.59. The molecular weight excluding hydrogens is 266 g/mol. The highest BCUT2D eigenvalue weighted by Gasteiger charge is 2.20. The number of nitrogens with two attached hydrogens (primary N) is 1. The summed E-state index contributed by atoms with van der Waals surface area (Å²) >= 11 is 0. The molecule has 0 aliphatic carbocycles. The molecule has 0 aromatic heterocycles. The molecule has 0 radical (unpaired) electrons. The fourth-order valence-electron chi connectivity index (χ4n) is 2.57. The van der Waals surface area contributed by atoms with Crippen molar-refractivity contribution in [3.63, 3.8) is 0 Å². The number of nitrogens with zero attached hydrogens (tertiary/aromatic N) is 2. The number of nitrogen functional groups attached to an aromatic ring is 1. The second kappa shape index (κ2) is 7.43. The van der Waals surface area contributed by atoms with Crippen LogP contribution in [0.2, 0.25) is 0 Å². The highest BCUT2D eigenvalue weighted by molar-refractivity contribution is 5.95. The maximum Gasteiger partial charge on any atom is 0.253 e. The fraction of sp³-hybridized carbons (Fsp3) is 0.562. The van der Waals surface area contributed by atoms with E-state index >= 15 is 0 Å². The van der Waals surface area contributed by atoms with Gasteiger partial charge in [0.1, 0.15) is 0 Å². The van der Waals surface area contributed by atoms with Gasteiger partial charge in [-0.25, -0.2) is 0 Å². The van der Waals surface area contributed by atoms with Crippen LogP contribution in [0.5, 0.6) is 0 Å². The molecule has 1 aliphatic rings. The molecule has 0 unspecified atom stereocenters. The average Bonchev–Trinajstić information content (AvgIpc) is 2.73. The lowest BCUT2D eigenvalue weighted by Crippen LogP contribution is -2.36. The predicted molar refractivity (Wildman–Crippen MR) is 84.4 cm³/mol. The molecule has 1 aromatic rings. The molecule has 5 nitrogen and oxygen atoms in total. The van der Waals surface area contributed by atoms with Crippen LogP contribution in [-0.2, 0) is 4.74 Å². The summed E-state index contributed by atoms with van der Waals surface area (Å²) in [5, 5.41) is 0. The topological polar surface area (TPSA) is 58.8 Å². The van der Waals surface area contributed by atoms with Crippen LogP contribution in [0, 0.1) is 6.92 Å². The van der Waals surface area contributed by atoms with Crippen molar-refractivity contribution in [1.82, 2.24) is 9.80 Å². The average molecular weight is 291 g/mol. The molecule has 1 aromatic carbocycles. The third kappa shape index (κ3) is 4.19. The van der Waals surface area contributed by atoms with Gasteiger partial charge in [0.05, 0.1) is 6.61 Å². The van der Waals surface area contributed by atoms with E-state index in [0.29, 0.717) is 11.3 Å². The van der Waals surface area contributed by atoms with Gasteiger partial charge in [-0.15, -0.1) is 0 Å². The molecule has 0 bridgehead atoms. The summed E-state index contributed by atoms with van der Waals surface area (Å²) in [4.78, 5) is 16.8. The van der Waals surface area contributed by atoms with Gasteiger partial charge in [-0.05, 0) is 37.6 Å². The van der Waals surface area contributed by atoms with Crippen LogP contribution in [0.15, 0.2) is 18.2 Å². The number of carbonyl (C=O) groups excluding carboxylic acids is 1. The Labute approximate surface area is 126 Å². The monoisotopic (exact) mass is 291 g/mol. The van der Waals surface area contributed by atoms with Crippen LogP contribution < -0.4 is 5.73 Å². The molecule has 1 saturated heterocycles. The van der Waals surface area contributed by atoms with E-state index in [1.54, 1.807) is 13.2 Å². The summed E-state index contributed by atoms with van der Waals surface area (Å²) in [7, 11) is 1.72. The van der Waals surface area contributed by atoms with Gasteiger partial charge >= 0.3 is 0 Å². The number of hydrogen-bond donors (Lipinski definition) is 1. The van der Waals surface area contributed by atoms with Crippen molar-refractivity contribution >= 4 is 11.6 Å². The molecule has 2 rings (SSSR count). The first-order valence-corrected chi connectivity index (χ1v) is 7.48. The number of anilines is 1. The summed E-state index contributed by atoms with van der Waals surface area (Å²) < 4.78 is 5.12. The van der Waals surface area contributed by atoms with E-state index in [0.717, 1.165) is 51.3 Å². The highest BCUT2D eigenvalue weighted by atomic mass is 16.5. The van der Waals surface area contributed by atoms with Crippen LogP contribution >= 0.6 is 0 Å². The number of methoxy groups -OCH3 is 1. The van der Waals surface area contributed by atoms with E-state index in [2.05, 4.69) is 4.90 Å². The van der Waals surface area contributed by atoms with E-state index in [1.807, 2.05) is 24.0 Å². The zero-order valence-corrected chi connectivity index (χ0v) is 13.0. The van der Waals surface area contributed by atoms with Crippen molar-refractivity contribution in [2.45, 2.75) is 13.3 Å². The van der Waals surface area contributed by atoms with Crippen molar-refractivity contribution in [2.24, 2.45) is 0 Å². The Balaban J connectivity index is 1.98. The summed E-state index contributed by atoms with van der Waals surface area (Å²) in [6.07, 6.45) is 0.997. The van der Waals surface area contributed by atoms with Gasteiger partial charge in [0.2, 0.25) is 0 Å². The normalized spacial score (nSPS) is 16.8. The van der Waals surface area contributed by atoms with E-state index in [1.165, 1.54) is 0 Å². The first-order chi connectivity index (χ1) is 10.1. The Morgan fingerprint density at radius 3 is 2.81 bits per heavy atom. The van der Waals surface area contributed by atoms with Gasteiger partial charge in [-0.3, -0.25) is 9.69 Å². The van der Waals surface area contributed by atoms with Gasteiger partial charge in [0.25, 0.3) is 5.91 Å². The van der Waals surface area contributed by atoms with Gasteiger partial charge in [-0.2, -0.15) is 0 Å². The zero-order chi connectivity index (χ0) is 15.2. The maximum atomic E-state index is 12.6. The molecule has 21 heavy (non-hydrogen) atoms. The van der Waals surface area contributed by atoms with Crippen LogP contribution in [0.25, 0.3) is 0 Å². The summed E-state index contributed by atoms with van der Waals surface area (Å²) in [5.41, 5.74) is 8.27. The summed E-state index contributed by atoms with van der Waals surface area (Å²) in [5.74, 6) is 0.0790. The van der Waals surface area contributed by atoms with Crippen LogP contribution in [0.4, 0.5) is 5.69 Å². The Kier molecular flexibility index (Phi) is 5.59. The summed E-state index contributed by atoms with van der Waals surface area (Å²) in [6, 6.07) is 5.55. The first kappa shape index (κ1) is 15.8. The third-order valence-electron chi connectivity index (χ3n) is 4.01. The minimum Gasteiger partial charge on any atom is -0.398 e. The molecule has 0 spiro atoms. The number of hydrogen-bond acceptors (Lipinski definition) is 4. The molecule has 1 heterocycles. The lowest BCUT2D eigenvalue weighted by molar-refractivity contribution is 0.0759. The number of amides is 1. The third-order valence-corrected chi connectivity index (χ3v) is 4.01. The smallest absolute Gasteiger partial charge is 0.253 e. The first-order valence-electron chi connectivity index (χ1n) is 7.48. The number of aryl methyl sites for hydroxylation is 1. The SMILES string of the molecule is COCCN1CCCN(C(=O)c2ccc(C)c(N)c2)CC1. The quantitative estimate of drug-likeness (QED) is 0.851. The maximum absolute atomic E-state index is 12.6. The van der Waals surface area contributed by atoms with Gasteiger partial charge in [0, 0.05) is 44.5 Å². The second-order valence-corrected chi connectivity index (χ2v) is 5.55.